The molecule has 1 atom stereocenters. The number of nitrogens with zero attached hydrogens (tertiary/aromatic N) is 1. The first-order valence-electron chi connectivity index (χ1n) is 13.6. The van der Waals surface area contributed by atoms with Crippen LogP contribution in [0.1, 0.15) is 50.5 Å². The molecule has 6 rings (SSSR count). The van der Waals surface area contributed by atoms with Gasteiger partial charge in [-0.25, -0.2) is 18.6 Å². The molecule has 2 aromatic carbocycles. The van der Waals surface area contributed by atoms with E-state index in [1.165, 1.54) is 18.3 Å². The van der Waals surface area contributed by atoms with E-state index in [9.17, 15) is 18.7 Å². The molecule has 0 saturated heterocycles. The fourth-order valence-electron chi connectivity index (χ4n) is 6.00. The summed E-state index contributed by atoms with van der Waals surface area (Å²) in [5.74, 6) is -2.00. The number of rotatable bonds is 9. The zero-order valence-corrected chi connectivity index (χ0v) is 22.5. The normalized spacial score (nSPS) is 19.6. The third-order valence-electron chi connectivity index (χ3n) is 8.33. The fourth-order valence-corrected chi connectivity index (χ4v) is 6.13. The van der Waals surface area contributed by atoms with Gasteiger partial charge < -0.3 is 25.2 Å². The van der Waals surface area contributed by atoms with Crippen LogP contribution in [0.5, 0.6) is 11.6 Å². The minimum Gasteiger partial charge on any atom is -0.478 e. The molecule has 210 valence electrons. The molecule has 40 heavy (non-hydrogen) atoms. The Kier molecular flexibility index (Phi) is 6.94. The molecule has 2 saturated carbocycles. The first kappa shape index (κ1) is 26.6. The van der Waals surface area contributed by atoms with Gasteiger partial charge in [0, 0.05) is 42.0 Å². The van der Waals surface area contributed by atoms with Crippen molar-refractivity contribution in [2.24, 2.45) is 11.8 Å². The third-order valence-corrected chi connectivity index (χ3v) is 8.58. The van der Waals surface area contributed by atoms with Gasteiger partial charge in [-0.3, -0.25) is 0 Å². The molecule has 2 aliphatic carbocycles. The largest absolute Gasteiger partial charge is 0.478 e. The van der Waals surface area contributed by atoms with Crippen LogP contribution in [0.4, 0.5) is 20.2 Å². The fraction of sp³-hybridized carbons (Fsp3) is 0.400. The maximum atomic E-state index is 14.3. The molecule has 2 heterocycles. The highest BCUT2D eigenvalue weighted by Gasteiger charge is 2.53. The van der Waals surface area contributed by atoms with Crippen molar-refractivity contribution in [3.63, 3.8) is 0 Å². The quantitative estimate of drug-likeness (QED) is 0.256. The number of pyridine rings is 1. The van der Waals surface area contributed by atoms with E-state index >= 15 is 0 Å². The Balaban J connectivity index is 1.30. The second-order valence-corrected chi connectivity index (χ2v) is 11.4. The van der Waals surface area contributed by atoms with Crippen molar-refractivity contribution in [2.75, 3.05) is 17.2 Å². The molecule has 0 spiro atoms. The van der Waals surface area contributed by atoms with Crippen molar-refractivity contribution >= 4 is 28.9 Å². The second-order valence-electron chi connectivity index (χ2n) is 10.9. The van der Waals surface area contributed by atoms with Crippen molar-refractivity contribution in [3.05, 3.63) is 76.9 Å². The molecule has 3 aromatic rings. The summed E-state index contributed by atoms with van der Waals surface area (Å²) in [6, 6.07) is 13.1. The molecule has 1 aromatic heterocycles. The highest BCUT2D eigenvalue weighted by atomic mass is 35.5. The van der Waals surface area contributed by atoms with E-state index in [1.54, 1.807) is 24.3 Å². The number of benzene rings is 2. The number of anilines is 2. The molecule has 1 aliphatic heterocycles. The van der Waals surface area contributed by atoms with Gasteiger partial charge in [-0.2, -0.15) is 0 Å². The number of halogens is 3. The third kappa shape index (κ3) is 5.03. The summed E-state index contributed by atoms with van der Waals surface area (Å²) in [5.41, 5.74) is -0.260. The van der Waals surface area contributed by atoms with Crippen LogP contribution in [-0.4, -0.2) is 28.3 Å². The van der Waals surface area contributed by atoms with E-state index in [0.717, 1.165) is 37.7 Å². The van der Waals surface area contributed by atoms with Crippen LogP contribution in [0.2, 0.25) is 5.02 Å². The first-order chi connectivity index (χ1) is 19.3. The Morgan fingerprint density at radius 1 is 1.02 bits per heavy atom. The summed E-state index contributed by atoms with van der Waals surface area (Å²) in [6.07, 6.45) is 7.71. The van der Waals surface area contributed by atoms with E-state index in [0.29, 0.717) is 40.9 Å². The molecule has 0 radical (unpaired) electrons. The number of nitrogens with one attached hydrogen (secondary N) is 2. The Bertz CT molecular complexity index is 1360. The molecule has 0 amide bonds. The molecule has 1 unspecified atom stereocenters. The highest BCUT2D eigenvalue weighted by Crippen LogP contribution is 2.49. The van der Waals surface area contributed by atoms with Crippen molar-refractivity contribution in [3.8, 4) is 11.6 Å². The highest BCUT2D eigenvalue weighted by molar-refractivity contribution is 6.30. The van der Waals surface area contributed by atoms with Crippen LogP contribution in [0, 0.1) is 23.5 Å². The summed E-state index contributed by atoms with van der Waals surface area (Å²) in [6.45, 7) is 0.262. The lowest BCUT2D eigenvalue weighted by atomic mass is 9.72. The molecule has 3 N–H and O–H groups in total. The number of fused-ring (bicyclic) bond motifs is 1. The lowest BCUT2D eigenvalue weighted by molar-refractivity contribution is -0.147. The summed E-state index contributed by atoms with van der Waals surface area (Å²) in [7, 11) is 0. The van der Waals surface area contributed by atoms with Gasteiger partial charge in [0.05, 0.1) is 24.2 Å². The molecule has 2 fully saturated rings. The zero-order valence-electron chi connectivity index (χ0n) is 21.8. The van der Waals surface area contributed by atoms with Crippen LogP contribution < -0.4 is 20.1 Å². The van der Waals surface area contributed by atoms with Crippen LogP contribution in [-0.2, 0) is 10.5 Å². The van der Waals surface area contributed by atoms with Crippen molar-refractivity contribution in [2.45, 2.75) is 56.2 Å². The number of aliphatic carboxylic acids is 1. The maximum absolute atomic E-state index is 14.3. The number of ether oxygens (including phenoxy) is 2. The van der Waals surface area contributed by atoms with Gasteiger partial charge in [-0.1, -0.05) is 43.0 Å². The minimum absolute atomic E-state index is 0.160. The predicted octanol–water partition coefficient (Wildman–Crippen LogP) is 6.98. The van der Waals surface area contributed by atoms with Crippen molar-refractivity contribution < 1.29 is 28.2 Å². The molecule has 3 aliphatic rings. The summed E-state index contributed by atoms with van der Waals surface area (Å²) in [4.78, 5) is 15.8. The summed E-state index contributed by atoms with van der Waals surface area (Å²) >= 11 is 6.22. The number of carboxylic acid groups (broad SMARTS) is 1. The Morgan fingerprint density at radius 3 is 2.23 bits per heavy atom. The van der Waals surface area contributed by atoms with Gasteiger partial charge in [-0.15, -0.1) is 0 Å². The molecular weight excluding hydrogens is 540 g/mol. The lowest BCUT2D eigenvalue weighted by Crippen LogP contribution is -2.51. The Morgan fingerprint density at radius 2 is 1.68 bits per heavy atom. The van der Waals surface area contributed by atoms with Gasteiger partial charge >= 0.3 is 5.97 Å². The molecule has 0 bridgehead atoms. The Hall–Kier alpha value is -3.59. The van der Waals surface area contributed by atoms with Gasteiger partial charge in [0.25, 0.3) is 0 Å². The van der Waals surface area contributed by atoms with Gasteiger partial charge in [-0.05, 0) is 42.5 Å². The SMILES string of the molecule is O=C(O)C1(Oc2ccc(OCC(C3CCCCC3)C3(c4ccc(Cl)cc4)Nc4cc(F)c(F)cc4N3)nc2)CC1. The zero-order chi connectivity index (χ0) is 27.9. The lowest BCUT2D eigenvalue weighted by Gasteiger charge is -2.44. The number of carbonyl (C=O) groups is 1. The number of carboxylic acids is 1. The monoisotopic (exact) mass is 569 g/mol. The standard InChI is InChI=1S/C30H30ClF2N3O4/c31-20-8-6-19(7-9-20)30(35-25-14-23(32)24(33)15-26(25)36-30)22(18-4-2-1-3-5-18)17-39-27-11-10-21(16-34-27)40-29(12-13-29)28(37)38/h6-11,14-16,18,22,35-36H,1-5,12-13,17H2,(H,37,38). The molecule has 7 nitrogen and oxygen atoms in total. The molecular formula is C30H30ClF2N3O4. The summed E-state index contributed by atoms with van der Waals surface area (Å²) in [5, 5.41) is 17.0. The van der Waals surface area contributed by atoms with Crippen LogP contribution in [0.3, 0.4) is 0 Å². The van der Waals surface area contributed by atoms with Crippen molar-refractivity contribution in [1.29, 1.82) is 0 Å². The van der Waals surface area contributed by atoms with E-state index in [4.69, 9.17) is 21.1 Å². The average molecular weight is 570 g/mol. The van der Waals surface area contributed by atoms with Crippen LogP contribution in [0.25, 0.3) is 0 Å². The number of aromatic nitrogens is 1. The first-order valence-corrected chi connectivity index (χ1v) is 14.0. The van der Waals surface area contributed by atoms with Gasteiger partial charge in [0.15, 0.2) is 11.6 Å². The average Bonchev–Trinajstić information content (AvgIpc) is 3.65. The summed E-state index contributed by atoms with van der Waals surface area (Å²) < 4.78 is 40.4. The van der Waals surface area contributed by atoms with Gasteiger partial charge in [0.2, 0.25) is 11.5 Å². The van der Waals surface area contributed by atoms with Crippen molar-refractivity contribution in [1.82, 2.24) is 4.98 Å². The topological polar surface area (TPSA) is 92.7 Å². The van der Waals surface area contributed by atoms with E-state index in [2.05, 4.69) is 15.6 Å². The second kappa shape index (κ2) is 10.4. The van der Waals surface area contributed by atoms with Crippen LogP contribution in [0.15, 0.2) is 54.7 Å². The van der Waals surface area contributed by atoms with Gasteiger partial charge in [0.1, 0.15) is 11.4 Å². The predicted molar refractivity (Wildman–Crippen MR) is 147 cm³/mol. The van der Waals surface area contributed by atoms with E-state index in [-0.39, 0.29) is 18.4 Å². The minimum atomic E-state index is -1.16. The van der Waals surface area contributed by atoms with E-state index < -0.39 is 28.9 Å². The molecule has 10 heteroatoms. The Labute approximate surface area is 235 Å². The van der Waals surface area contributed by atoms with Crippen LogP contribution >= 0.6 is 11.6 Å². The number of hydrogen-bond donors (Lipinski definition) is 3. The smallest absolute Gasteiger partial charge is 0.348 e. The maximum Gasteiger partial charge on any atom is 0.348 e. The van der Waals surface area contributed by atoms with E-state index in [1.807, 2.05) is 12.1 Å². The number of hydrogen-bond acceptors (Lipinski definition) is 6.